The first kappa shape index (κ1) is 17.7. The summed E-state index contributed by atoms with van der Waals surface area (Å²) in [6, 6.07) is 10.3. The molecule has 1 unspecified atom stereocenters. The fraction of sp³-hybridized carbons (Fsp3) is 0.278. The highest BCUT2D eigenvalue weighted by Gasteiger charge is 2.29. The molecule has 3 rings (SSSR count). The molecule has 7 heteroatoms. The van der Waals surface area contributed by atoms with Crippen LogP contribution in [0.15, 0.2) is 41.4 Å². The number of nitrogens with zero attached hydrogens (tertiary/aromatic N) is 1. The number of ether oxygens (including phenoxy) is 1. The van der Waals surface area contributed by atoms with E-state index < -0.39 is 17.0 Å². The molecule has 0 spiro atoms. The predicted molar refractivity (Wildman–Crippen MR) is 93.7 cm³/mol. The number of nitrogens with one attached hydrogen (secondary N) is 1. The van der Waals surface area contributed by atoms with Crippen LogP contribution in [-0.4, -0.2) is 20.2 Å². The largest absolute Gasteiger partial charge is 0.760 e. The lowest BCUT2D eigenvalue weighted by Crippen LogP contribution is -2.32. The Hall–Kier alpha value is -2.09. The fourth-order valence-corrected chi connectivity index (χ4v) is 3.02. The number of aryl methyl sites for hydroxylation is 1. The van der Waals surface area contributed by atoms with Gasteiger partial charge in [-0.15, -0.1) is 0 Å². The van der Waals surface area contributed by atoms with Crippen LogP contribution >= 0.6 is 0 Å². The summed E-state index contributed by atoms with van der Waals surface area (Å²) in [5.74, 6) is 0.357. The summed E-state index contributed by atoms with van der Waals surface area (Å²) in [4.78, 5) is 4.66. The standard InChI is InChI=1S/C18H19FN2O3S/c1-11-8-13(5-7-15(11)19)17-14-6-4-12(10-20-25(22)23)9-16(14)24-18(2,3)21-17/h4-9,20H,10H2,1-3H3,(H,22,23)/p-1. The zero-order valence-electron chi connectivity index (χ0n) is 14.1. The van der Waals surface area contributed by atoms with Crippen molar-refractivity contribution in [1.29, 1.82) is 0 Å². The SMILES string of the molecule is Cc1cc(C2=NC(C)(C)Oc3cc(CNS(=O)[O-])ccc32)ccc1F. The van der Waals surface area contributed by atoms with Gasteiger partial charge in [-0.3, -0.25) is 4.21 Å². The Morgan fingerprint density at radius 3 is 2.72 bits per heavy atom. The molecule has 0 bridgehead atoms. The Bertz CT molecular complexity index is 881. The van der Waals surface area contributed by atoms with Crippen LogP contribution in [0.25, 0.3) is 0 Å². The highest BCUT2D eigenvalue weighted by atomic mass is 32.2. The molecule has 132 valence electrons. The van der Waals surface area contributed by atoms with Crippen LogP contribution in [0.2, 0.25) is 0 Å². The topological polar surface area (TPSA) is 73.8 Å². The van der Waals surface area contributed by atoms with Gasteiger partial charge in [0.2, 0.25) is 0 Å². The predicted octanol–water partition coefficient (Wildman–Crippen LogP) is 2.98. The van der Waals surface area contributed by atoms with Gasteiger partial charge in [0.1, 0.15) is 11.6 Å². The Morgan fingerprint density at radius 1 is 1.28 bits per heavy atom. The van der Waals surface area contributed by atoms with Gasteiger partial charge in [0, 0.05) is 28.9 Å². The Morgan fingerprint density at radius 2 is 2.04 bits per heavy atom. The van der Waals surface area contributed by atoms with E-state index in [0.29, 0.717) is 11.3 Å². The molecule has 2 aromatic rings. The molecular formula is C18H18FN2O3S-. The van der Waals surface area contributed by atoms with Gasteiger partial charge in [0.15, 0.2) is 5.72 Å². The van der Waals surface area contributed by atoms with Crippen LogP contribution in [-0.2, 0) is 17.8 Å². The molecule has 5 nitrogen and oxygen atoms in total. The van der Waals surface area contributed by atoms with Gasteiger partial charge in [-0.2, -0.15) is 0 Å². The van der Waals surface area contributed by atoms with Crippen LogP contribution in [0.3, 0.4) is 0 Å². The molecule has 2 aromatic carbocycles. The molecule has 0 fully saturated rings. The number of aliphatic imine (C=N–C) groups is 1. The van der Waals surface area contributed by atoms with Gasteiger partial charge in [-0.1, -0.05) is 6.07 Å². The van der Waals surface area contributed by atoms with Gasteiger partial charge in [0.05, 0.1) is 5.71 Å². The fourth-order valence-electron chi connectivity index (χ4n) is 2.73. The van der Waals surface area contributed by atoms with Crippen molar-refractivity contribution in [1.82, 2.24) is 4.72 Å². The molecule has 1 aliphatic heterocycles. The normalized spacial score (nSPS) is 16.6. The summed E-state index contributed by atoms with van der Waals surface area (Å²) in [5.41, 5.74) is 2.86. The first-order valence-electron chi connectivity index (χ1n) is 7.77. The van der Waals surface area contributed by atoms with Crippen LogP contribution in [0.1, 0.15) is 36.1 Å². The molecule has 1 aliphatic rings. The van der Waals surface area contributed by atoms with Crippen molar-refractivity contribution in [3.8, 4) is 5.75 Å². The van der Waals surface area contributed by atoms with E-state index in [1.54, 1.807) is 25.1 Å². The highest BCUT2D eigenvalue weighted by Crippen LogP contribution is 2.33. The second-order valence-electron chi connectivity index (χ2n) is 6.36. The quantitative estimate of drug-likeness (QED) is 0.851. The van der Waals surface area contributed by atoms with E-state index in [1.807, 2.05) is 26.0 Å². The van der Waals surface area contributed by atoms with Crippen LogP contribution < -0.4 is 9.46 Å². The highest BCUT2D eigenvalue weighted by molar-refractivity contribution is 7.77. The summed E-state index contributed by atoms with van der Waals surface area (Å²) < 4.78 is 43.2. The third-order valence-corrected chi connectivity index (χ3v) is 4.25. The van der Waals surface area contributed by atoms with Crippen molar-refractivity contribution in [3.63, 3.8) is 0 Å². The van der Waals surface area contributed by atoms with E-state index in [1.165, 1.54) is 6.07 Å². The smallest absolute Gasteiger partial charge is 0.195 e. The van der Waals surface area contributed by atoms with Crippen LogP contribution in [0.5, 0.6) is 5.75 Å². The van der Waals surface area contributed by atoms with Crippen molar-refractivity contribution in [2.75, 3.05) is 0 Å². The Kier molecular flexibility index (Phi) is 4.73. The summed E-state index contributed by atoms with van der Waals surface area (Å²) in [7, 11) is 0. The minimum absolute atomic E-state index is 0.176. The van der Waals surface area contributed by atoms with Crippen molar-refractivity contribution < 1.29 is 17.9 Å². The number of rotatable bonds is 4. The van der Waals surface area contributed by atoms with Crippen LogP contribution in [0.4, 0.5) is 4.39 Å². The number of hydrogen-bond donors (Lipinski definition) is 1. The number of fused-ring (bicyclic) bond motifs is 1. The van der Waals surface area contributed by atoms with Crippen LogP contribution in [0, 0.1) is 12.7 Å². The third kappa shape index (κ3) is 3.95. The third-order valence-electron chi connectivity index (χ3n) is 3.87. The molecule has 0 saturated carbocycles. The van der Waals surface area contributed by atoms with Crippen molar-refractivity contribution >= 4 is 17.0 Å². The molecule has 0 aromatic heterocycles. The average Bonchev–Trinajstić information content (AvgIpc) is 2.53. The van der Waals surface area contributed by atoms with Crippen molar-refractivity contribution in [3.05, 3.63) is 64.5 Å². The molecular weight excluding hydrogens is 343 g/mol. The van der Waals surface area contributed by atoms with E-state index in [9.17, 15) is 13.2 Å². The first-order chi connectivity index (χ1) is 11.7. The number of halogens is 1. The molecule has 0 aliphatic carbocycles. The molecule has 1 heterocycles. The number of hydrogen-bond acceptors (Lipinski definition) is 4. The van der Waals surface area contributed by atoms with E-state index in [0.717, 1.165) is 22.4 Å². The minimum atomic E-state index is -2.32. The Balaban J connectivity index is 2.04. The lowest BCUT2D eigenvalue weighted by molar-refractivity contribution is 0.115. The maximum atomic E-state index is 13.6. The molecule has 25 heavy (non-hydrogen) atoms. The second kappa shape index (κ2) is 6.67. The second-order valence-corrected chi connectivity index (χ2v) is 7.12. The minimum Gasteiger partial charge on any atom is -0.760 e. The van der Waals surface area contributed by atoms with E-state index in [-0.39, 0.29) is 12.4 Å². The van der Waals surface area contributed by atoms with Crippen molar-refractivity contribution in [2.24, 2.45) is 4.99 Å². The molecule has 1 N–H and O–H groups in total. The maximum Gasteiger partial charge on any atom is 0.195 e. The zero-order chi connectivity index (χ0) is 18.2. The van der Waals surface area contributed by atoms with Gasteiger partial charge >= 0.3 is 0 Å². The molecule has 0 amide bonds. The van der Waals surface area contributed by atoms with E-state index in [2.05, 4.69) is 9.71 Å². The summed E-state index contributed by atoms with van der Waals surface area (Å²) >= 11 is -2.32. The van der Waals surface area contributed by atoms with Gasteiger partial charge in [0.25, 0.3) is 0 Å². The molecule has 0 saturated heterocycles. The lowest BCUT2D eigenvalue weighted by atomic mass is 9.96. The van der Waals surface area contributed by atoms with Gasteiger partial charge in [-0.05, 0) is 62.2 Å². The zero-order valence-corrected chi connectivity index (χ0v) is 14.9. The summed E-state index contributed by atoms with van der Waals surface area (Å²) in [6.45, 7) is 5.56. The summed E-state index contributed by atoms with van der Waals surface area (Å²) in [5, 5.41) is 0. The molecule has 1 atom stereocenters. The first-order valence-corrected chi connectivity index (χ1v) is 8.84. The molecule has 0 radical (unpaired) electrons. The lowest BCUT2D eigenvalue weighted by Gasteiger charge is -2.30. The van der Waals surface area contributed by atoms with Gasteiger partial charge < -0.3 is 9.29 Å². The summed E-state index contributed by atoms with van der Waals surface area (Å²) in [6.07, 6.45) is 0. The Labute approximate surface area is 148 Å². The maximum absolute atomic E-state index is 13.6. The van der Waals surface area contributed by atoms with E-state index in [4.69, 9.17) is 4.74 Å². The van der Waals surface area contributed by atoms with Crippen molar-refractivity contribution in [2.45, 2.75) is 33.0 Å². The monoisotopic (exact) mass is 361 g/mol. The number of benzene rings is 2. The van der Waals surface area contributed by atoms with E-state index >= 15 is 0 Å². The van der Waals surface area contributed by atoms with Gasteiger partial charge in [-0.25, -0.2) is 14.1 Å². The average molecular weight is 361 g/mol.